The molecule has 2 heterocycles. The fourth-order valence-corrected chi connectivity index (χ4v) is 3.85. The highest BCUT2D eigenvalue weighted by atomic mass is 16.5. The molecule has 1 unspecified atom stereocenters. The Balaban J connectivity index is 1.64. The van der Waals surface area contributed by atoms with Crippen molar-refractivity contribution in [1.29, 1.82) is 0 Å². The van der Waals surface area contributed by atoms with Crippen LogP contribution in [0.4, 0.5) is 0 Å². The summed E-state index contributed by atoms with van der Waals surface area (Å²) < 4.78 is 11.1. The Bertz CT molecular complexity index is 1200. The van der Waals surface area contributed by atoms with Gasteiger partial charge in [0.25, 0.3) is 0 Å². The Kier molecular flexibility index (Phi) is 5.80. The lowest BCUT2D eigenvalue weighted by molar-refractivity contribution is -0.228. The van der Waals surface area contributed by atoms with Crippen molar-refractivity contribution in [2.24, 2.45) is 0 Å². The van der Waals surface area contributed by atoms with Gasteiger partial charge in [-0.15, -0.1) is 0 Å². The molecule has 2 aromatic carbocycles. The Morgan fingerprint density at radius 1 is 0.844 bits per heavy atom. The average Bonchev–Trinajstić information content (AvgIpc) is 2.74. The molecule has 10 heteroatoms. The van der Waals surface area contributed by atoms with E-state index >= 15 is 0 Å². The third kappa shape index (κ3) is 3.90. The first-order valence-electron chi connectivity index (χ1n) is 9.82. The second kappa shape index (κ2) is 8.41. The predicted octanol–water partition coefficient (Wildman–Crippen LogP) is -0.0383. The second-order valence-corrected chi connectivity index (χ2v) is 7.73. The van der Waals surface area contributed by atoms with Crippen molar-refractivity contribution in [3.8, 4) is 28.6 Å². The maximum atomic E-state index is 12.4. The minimum atomic E-state index is -1.52. The van der Waals surface area contributed by atoms with Crippen molar-refractivity contribution in [1.82, 2.24) is 0 Å². The number of aliphatic hydroxyl groups excluding tert-OH is 4. The maximum Gasteiger partial charge on any atom is 0.197 e. The Morgan fingerprint density at radius 2 is 1.56 bits per heavy atom. The van der Waals surface area contributed by atoms with Crippen LogP contribution >= 0.6 is 0 Å². The number of fused-ring (bicyclic) bond motifs is 1. The zero-order valence-electron chi connectivity index (χ0n) is 16.6. The summed E-state index contributed by atoms with van der Waals surface area (Å²) in [6, 6.07) is 7.74. The molecule has 3 aromatic rings. The van der Waals surface area contributed by atoms with Crippen LogP contribution in [0.15, 0.2) is 45.6 Å². The summed E-state index contributed by atoms with van der Waals surface area (Å²) in [6.45, 7) is -0.557. The average molecular weight is 446 g/mol. The smallest absolute Gasteiger partial charge is 0.197 e. The van der Waals surface area contributed by atoms with E-state index < -0.39 is 48.3 Å². The maximum absolute atomic E-state index is 12.4. The lowest BCUT2D eigenvalue weighted by atomic mass is 9.91. The molecule has 170 valence electrons. The largest absolute Gasteiger partial charge is 0.508 e. The molecule has 1 saturated heterocycles. The van der Waals surface area contributed by atoms with E-state index in [2.05, 4.69) is 0 Å². The zero-order valence-corrected chi connectivity index (χ0v) is 16.6. The van der Waals surface area contributed by atoms with Gasteiger partial charge in [0.05, 0.1) is 12.7 Å². The molecular formula is C22H22O10. The van der Waals surface area contributed by atoms with Gasteiger partial charge in [0, 0.05) is 30.2 Å². The molecule has 10 nitrogen and oxygen atoms in total. The fraction of sp³-hybridized carbons (Fsp3) is 0.318. The van der Waals surface area contributed by atoms with Gasteiger partial charge in [0.15, 0.2) is 5.43 Å². The first kappa shape index (κ1) is 22.1. The Morgan fingerprint density at radius 3 is 2.25 bits per heavy atom. The number of rotatable bonds is 4. The second-order valence-electron chi connectivity index (χ2n) is 7.73. The van der Waals surface area contributed by atoms with Gasteiger partial charge >= 0.3 is 0 Å². The summed E-state index contributed by atoms with van der Waals surface area (Å²) in [6.07, 6.45) is -6.52. The van der Waals surface area contributed by atoms with Crippen LogP contribution in [-0.4, -0.2) is 72.9 Å². The van der Waals surface area contributed by atoms with Crippen molar-refractivity contribution in [2.75, 3.05) is 6.61 Å². The third-order valence-electron chi connectivity index (χ3n) is 5.58. The van der Waals surface area contributed by atoms with E-state index in [9.17, 15) is 40.5 Å². The molecule has 0 bridgehead atoms. The van der Waals surface area contributed by atoms with Gasteiger partial charge in [-0.3, -0.25) is 4.79 Å². The molecule has 4 rings (SSSR count). The third-order valence-corrected chi connectivity index (χ3v) is 5.58. The van der Waals surface area contributed by atoms with Crippen molar-refractivity contribution in [3.63, 3.8) is 0 Å². The van der Waals surface area contributed by atoms with Crippen molar-refractivity contribution < 1.29 is 44.9 Å². The first-order valence-corrected chi connectivity index (χ1v) is 9.82. The van der Waals surface area contributed by atoms with Gasteiger partial charge in [0.2, 0.25) is 0 Å². The molecule has 1 aliphatic rings. The summed E-state index contributed by atoms with van der Waals surface area (Å²) in [5.41, 5.74) is 0.108. The molecule has 0 saturated carbocycles. The first-order chi connectivity index (χ1) is 15.2. The van der Waals surface area contributed by atoms with Crippen LogP contribution in [0.25, 0.3) is 22.3 Å². The van der Waals surface area contributed by atoms with E-state index in [1.807, 2.05) is 0 Å². The Labute approximate surface area is 180 Å². The summed E-state index contributed by atoms with van der Waals surface area (Å²) in [4.78, 5) is 12.4. The molecular weight excluding hydrogens is 424 g/mol. The highest BCUT2D eigenvalue weighted by Gasteiger charge is 2.43. The highest BCUT2D eigenvalue weighted by Crippen LogP contribution is 2.33. The lowest BCUT2D eigenvalue weighted by Gasteiger charge is -2.40. The van der Waals surface area contributed by atoms with E-state index in [-0.39, 0.29) is 34.6 Å². The van der Waals surface area contributed by atoms with Crippen LogP contribution in [0.5, 0.6) is 17.2 Å². The van der Waals surface area contributed by atoms with E-state index in [1.54, 1.807) is 6.07 Å². The molecule has 32 heavy (non-hydrogen) atoms. The predicted molar refractivity (Wildman–Crippen MR) is 110 cm³/mol. The SMILES string of the molecule is O=c1cc(-c2ccc(CC3O[C@@H](CO)[C@H](O)[C@@H](O)[C@@H]3O)c(O)c2)oc2cc(O)cc(O)c12. The van der Waals surface area contributed by atoms with Crippen LogP contribution < -0.4 is 5.43 Å². The minimum Gasteiger partial charge on any atom is -0.508 e. The molecule has 5 atom stereocenters. The molecule has 1 fully saturated rings. The topological polar surface area (TPSA) is 181 Å². The number of phenolic OH excluding ortho intramolecular Hbond substituents is 3. The molecule has 0 radical (unpaired) electrons. The van der Waals surface area contributed by atoms with Crippen LogP contribution in [0.3, 0.4) is 0 Å². The number of hydrogen-bond acceptors (Lipinski definition) is 10. The summed E-state index contributed by atoms with van der Waals surface area (Å²) in [7, 11) is 0. The van der Waals surface area contributed by atoms with E-state index in [0.717, 1.165) is 12.1 Å². The number of aliphatic hydroxyl groups is 4. The quantitative estimate of drug-likeness (QED) is 0.287. The van der Waals surface area contributed by atoms with Crippen molar-refractivity contribution in [3.05, 3.63) is 52.2 Å². The molecule has 7 N–H and O–H groups in total. The van der Waals surface area contributed by atoms with Gasteiger partial charge in [-0.25, -0.2) is 0 Å². The van der Waals surface area contributed by atoms with Gasteiger partial charge in [-0.2, -0.15) is 0 Å². The van der Waals surface area contributed by atoms with Gasteiger partial charge < -0.3 is 44.9 Å². The number of ether oxygens (including phenoxy) is 1. The number of phenols is 3. The number of aromatic hydroxyl groups is 3. The monoisotopic (exact) mass is 446 g/mol. The van der Waals surface area contributed by atoms with Gasteiger partial charge in [-0.05, 0) is 11.6 Å². The molecule has 0 spiro atoms. The van der Waals surface area contributed by atoms with Gasteiger partial charge in [-0.1, -0.05) is 12.1 Å². The minimum absolute atomic E-state index is 0.0308. The van der Waals surface area contributed by atoms with Crippen LogP contribution in [-0.2, 0) is 11.2 Å². The molecule has 0 amide bonds. The number of benzene rings is 2. The highest BCUT2D eigenvalue weighted by molar-refractivity contribution is 5.86. The van der Waals surface area contributed by atoms with Crippen molar-refractivity contribution >= 4 is 11.0 Å². The van der Waals surface area contributed by atoms with Crippen molar-refractivity contribution in [2.45, 2.75) is 36.9 Å². The van der Waals surface area contributed by atoms with E-state index in [0.29, 0.717) is 11.1 Å². The van der Waals surface area contributed by atoms with Crippen LogP contribution in [0, 0.1) is 0 Å². The van der Waals surface area contributed by atoms with E-state index in [1.165, 1.54) is 18.2 Å². The van der Waals surface area contributed by atoms with Crippen LogP contribution in [0.2, 0.25) is 0 Å². The van der Waals surface area contributed by atoms with Gasteiger partial charge in [0.1, 0.15) is 58.4 Å². The normalized spacial score (nSPS) is 25.8. The zero-order chi connectivity index (χ0) is 23.2. The Hall–Kier alpha value is -3.15. The summed E-state index contributed by atoms with van der Waals surface area (Å²) in [5, 5.41) is 69.2. The number of hydrogen-bond donors (Lipinski definition) is 7. The molecule has 1 aliphatic heterocycles. The lowest BCUT2D eigenvalue weighted by Crippen LogP contribution is -2.59. The van der Waals surface area contributed by atoms with Crippen LogP contribution in [0.1, 0.15) is 5.56 Å². The summed E-state index contributed by atoms with van der Waals surface area (Å²) in [5.74, 6) is -0.825. The standard InChI is InChI=1S/C22H22O10/c23-8-18-21(29)22(30)20(28)17(32-18)4-9-1-2-10(3-12(9)25)15-7-14(27)19-13(26)5-11(24)6-16(19)31-15/h1-3,5-7,17-18,20-26,28-30H,4,8H2/t17?,18-,20+,21-,22-/m0/s1. The van der Waals surface area contributed by atoms with E-state index in [4.69, 9.17) is 9.15 Å². The molecule has 1 aromatic heterocycles. The fourth-order valence-electron chi connectivity index (χ4n) is 3.85. The molecule has 0 aliphatic carbocycles. The summed E-state index contributed by atoms with van der Waals surface area (Å²) >= 11 is 0.